The number of benzene rings is 3. The van der Waals surface area contributed by atoms with Crippen LogP contribution in [0.4, 0.5) is 9.18 Å². The van der Waals surface area contributed by atoms with Crippen LogP contribution in [0.25, 0.3) is 11.1 Å². The molecule has 0 atom stereocenters. The van der Waals surface area contributed by atoms with E-state index < -0.39 is 12.1 Å². The average Bonchev–Trinajstić information content (AvgIpc) is 2.78. The summed E-state index contributed by atoms with van der Waals surface area (Å²) in [5.41, 5.74) is 4.65. The topological polar surface area (TPSA) is 66.8 Å². The van der Waals surface area contributed by atoms with Crippen LogP contribution in [0.5, 0.6) is 0 Å². The number of carbonyl (C=O) groups is 2. The fraction of sp³-hybridized carbons (Fsp3) is 0.200. The molecule has 5 nitrogen and oxygen atoms in total. The lowest BCUT2D eigenvalue weighted by molar-refractivity contribution is -0.136. The summed E-state index contributed by atoms with van der Waals surface area (Å²) in [4.78, 5) is 25.1. The SMILES string of the molecule is O=C(O)Cc1ccc(-c2ccc(F)c3c2CN(C(=O)OCc2ccccc2)CC3)cc1. The summed E-state index contributed by atoms with van der Waals surface area (Å²) < 4.78 is 19.9. The number of fused-ring (bicyclic) bond motifs is 1. The second kappa shape index (κ2) is 9.00. The first kappa shape index (κ1) is 20.6. The van der Waals surface area contributed by atoms with Crippen LogP contribution < -0.4 is 0 Å². The number of carboxylic acid groups (broad SMARTS) is 1. The molecule has 1 aliphatic rings. The summed E-state index contributed by atoms with van der Waals surface area (Å²) in [5.74, 6) is -1.17. The van der Waals surface area contributed by atoms with Crippen molar-refractivity contribution in [3.63, 3.8) is 0 Å². The van der Waals surface area contributed by atoms with Crippen LogP contribution in [0.3, 0.4) is 0 Å². The summed E-state index contributed by atoms with van der Waals surface area (Å²) in [5, 5.41) is 8.95. The van der Waals surface area contributed by atoms with E-state index in [0.717, 1.165) is 22.3 Å². The van der Waals surface area contributed by atoms with Crippen molar-refractivity contribution in [1.82, 2.24) is 4.90 Å². The van der Waals surface area contributed by atoms with Crippen LogP contribution in [-0.2, 0) is 35.5 Å². The van der Waals surface area contributed by atoms with Gasteiger partial charge in [-0.3, -0.25) is 4.79 Å². The lowest BCUT2D eigenvalue weighted by Crippen LogP contribution is -2.37. The summed E-state index contributed by atoms with van der Waals surface area (Å²) in [6, 6.07) is 19.8. The Balaban J connectivity index is 1.54. The van der Waals surface area contributed by atoms with Gasteiger partial charge in [-0.05, 0) is 45.9 Å². The fourth-order valence-corrected chi connectivity index (χ4v) is 3.85. The van der Waals surface area contributed by atoms with E-state index in [2.05, 4.69) is 0 Å². The number of amides is 1. The molecule has 0 saturated heterocycles. The van der Waals surface area contributed by atoms with Crippen molar-refractivity contribution in [1.29, 1.82) is 0 Å². The Morgan fingerprint density at radius 1 is 0.935 bits per heavy atom. The summed E-state index contributed by atoms with van der Waals surface area (Å²) >= 11 is 0. The highest BCUT2D eigenvalue weighted by Gasteiger charge is 2.26. The first-order valence-electron chi connectivity index (χ1n) is 10.1. The van der Waals surface area contributed by atoms with E-state index >= 15 is 0 Å². The molecule has 0 spiro atoms. The number of hydrogen-bond acceptors (Lipinski definition) is 3. The fourth-order valence-electron chi connectivity index (χ4n) is 3.85. The highest BCUT2D eigenvalue weighted by Crippen LogP contribution is 2.32. The minimum Gasteiger partial charge on any atom is -0.481 e. The van der Waals surface area contributed by atoms with Crippen molar-refractivity contribution in [2.75, 3.05) is 6.54 Å². The summed E-state index contributed by atoms with van der Waals surface area (Å²) in [6.45, 7) is 0.829. The zero-order valence-electron chi connectivity index (χ0n) is 16.9. The van der Waals surface area contributed by atoms with E-state index in [9.17, 15) is 14.0 Å². The molecule has 1 heterocycles. The third kappa shape index (κ3) is 4.74. The normalized spacial score (nSPS) is 12.9. The summed E-state index contributed by atoms with van der Waals surface area (Å²) in [6.07, 6.45) is -0.0726. The minimum atomic E-state index is -0.892. The first-order chi connectivity index (χ1) is 15.0. The molecular formula is C25H22FNO4. The Morgan fingerprint density at radius 2 is 1.68 bits per heavy atom. The Kier molecular flexibility index (Phi) is 5.98. The van der Waals surface area contributed by atoms with Crippen molar-refractivity contribution in [2.45, 2.75) is 26.0 Å². The summed E-state index contributed by atoms with van der Waals surface area (Å²) in [7, 11) is 0. The Labute approximate surface area is 179 Å². The van der Waals surface area contributed by atoms with Gasteiger partial charge in [0.25, 0.3) is 0 Å². The van der Waals surface area contributed by atoms with Crippen LogP contribution in [0.15, 0.2) is 66.7 Å². The molecule has 31 heavy (non-hydrogen) atoms. The monoisotopic (exact) mass is 419 g/mol. The molecule has 3 aromatic rings. The van der Waals surface area contributed by atoms with Gasteiger partial charge in [-0.25, -0.2) is 9.18 Å². The quantitative estimate of drug-likeness (QED) is 0.644. The minimum absolute atomic E-state index is 0.0527. The standard InChI is InChI=1S/C25H22FNO4/c26-23-11-10-20(19-8-6-17(7-9-19)14-24(28)29)22-15-27(13-12-21(22)23)25(30)31-16-18-4-2-1-3-5-18/h1-11H,12-16H2,(H,28,29). The average molecular weight is 419 g/mol. The number of aliphatic carboxylic acids is 1. The molecule has 158 valence electrons. The van der Waals surface area contributed by atoms with Gasteiger partial charge in [0, 0.05) is 13.1 Å². The Hall–Kier alpha value is -3.67. The van der Waals surface area contributed by atoms with Crippen LogP contribution in [-0.4, -0.2) is 28.6 Å². The molecule has 0 radical (unpaired) electrons. The molecule has 0 unspecified atom stereocenters. The Morgan fingerprint density at radius 3 is 2.39 bits per heavy atom. The van der Waals surface area contributed by atoms with Gasteiger partial charge in [0.05, 0.1) is 6.42 Å². The molecule has 0 fully saturated rings. The van der Waals surface area contributed by atoms with E-state index in [4.69, 9.17) is 9.84 Å². The largest absolute Gasteiger partial charge is 0.481 e. The van der Waals surface area contributed by atoms with Crippen LogP contribution in [0.1, 0.15) is 22.3 Å². The predicted octanol–water partition coefficient (Wildman–Crippen LogP) is 4.81. The molecule has 0 saturated carbocycles. The Bertz CT molecular complexity index is 1100. The van der Waals surface area contributed by atoms with Gasteiger partial charge < -0.3 is 14.7 Å². The maximum atomic E-state index is 14.5. The third-order valence-electron chi connectivity index (χ3n) is 5.44. The number of halogens is 1. The van der Waals surface area contributed by atoms with Crippen LogP contribution >= 0.6 is 0 Å². The molecule has 6 heteroatoms. The van der Waals surface area contributed by atoms with Gasteiger partial charge >= 0.3 is 12.1 Å². The van der Waals surface area contributed by atoms with Crippen molar-refractivity contribution < 1.29 is 23.8 Å². The maximum absolute atomic E-state index is 14.5. The molecule has 1 N–H and O–H groups in total. The van der Waals surface area contributed by atoms with E-state index in [0.29, 0.717) is 24.1 Å². The van der Waals surface area contributed by atoms with Crippen molar-refractivity contribution in [2.24, 2.45) is 0 Å². The second-order valence-corrected chi connectivity index (χ2v) is 7.53. The molecular weight excluding hydrogens is 397 g/mol. The van der Waals surface area contributed by atoms with Gasteiger partial charge in [0.15, 0.2) is 0 Å². The lowest BCUT2D eigenvalue weighted by Gasteiger charge is -2.30. The van der Waals surface area contributed by atoms with Gasteiger partial charge in [0.2, 0.25) is 0 Å². The number of carboxylic acids is 1. The molecule has 0 aliphatic carbocycles. The van der Waals surface area contributed by atoms with Gasteiger partial charge in [-0.1, -0.05) is 60.7 Å². The lowest BCUT2D eigenvalue weighted by atomic mass is 9.90. The molecule has 1 amide bonds. The number of carbonyl (C=O) groups excluding carboxylic acids is 1. The van der Waals surface area contributed by atoms with Gasteiger partial charge in [0.1, 0.15) is 12.4 Å². The molecule has 3 aromatic carbocycles. The van der Waals surface area contributed by atoms with Crippen molar-refractivity contribution in [3.05, 3.63) is 94.8 Å². The van der Waals surface area contributed by atoms with E-state index in [-0.39, 0.29) is 25.4 Å². The zero-order valence-corrected chi connectivity index (χ0v) is 16.9. The number of hydrogen-bond donors (Lipinski definition) is 1. The molecule has 1 aliphatic heterocycles. The second-order valence-electron chi connectivity index (χ2n) is 7.53. The van der Waals surface area contributed by atoms with Crippen molar-refractivity contribution >= 4 is 12.1 Å². The third-order valence-corrected chi connectivity index (χ3v) is 5.44. The highest BCUT2D eigenvalue weighted by atomic mass is 19.1. The molecule has 0 aromatic heterocycles. The van der Waals surface area contributed by atoms with E-state index in [1.807, 2.05) is 42.5 Å². The van der Waals surface area contributed by atoms with Crippen molar-refractivity contribution in [3.8, 4) is 11.1 Å². The van der Waals surface area contributed by atoms with E-state index in [1.54, 1.807) is 23.1 Å². The number of ether oxygens (including phenoxy) is 1. The van der Waals surface area contributed by atoms with Gasteiger partial charge in [-0.15, -0.1) is 0 Å². The number of rotatable bonds is 5. The smallest absolute Gasteiger partial charge is 0.410 e. The van der Waals surface area contributed by atoms with Crippen LogP contribution in [0, 0.1) is 5.82 Å². The molecule has 4 rings (SSSR count). The molecule has 0 bridgehead atoms. The zero-order chi connectivity index (χ0) is 21.8. The highest BCUT2D eigenvalue weighted by molar-refractivity contribution is 5.74. The van der Waals surface area contributed by atoms with Crippen LogP contribution in [0.2, 0.25) is 0 Å². The first-order valence-corrected chi connectivity index (χ1v) is 10.1. The van der Waals surface area contributed by atoms with E-state index in [1.165, 1.54) is 6.07 Å². The maximum Gasteiger partial charge on any atom is 0.410 e. The van der Waals surface area contributed by atoms with Gasteiger partial charge in [-0.2, -0.15) is 0 Å². The predicted molar refractivity (Wildman–Crippen MR) is 114 cm³/mol. The number of nitrogens with zero attached hydrogens (tertiary/aromatic N) is 1.